The van der Waals surface area contributed by atoms with Crippen LogP contribution in [0.25, 0.3) is 0 Å². The maximum atomic E-state index is 12.8. The van der Waals surface area contributed by atoms with Crippen LogP contribution >= 0.6 is 0 Å². The van der Waals surface area contributed by atoms with E-state index in [1.165, 1.54) is 11.1 Å². The van der Waals surface area contributed by atoms with Gasteiger partial charge in [0.2, 0.25) is 0 Å². The molecule has 0 saturated carbocycles. The van der Waals surface area contributed by atoms with Crippen molar-refractivity contribution in [3.8, 4) is 0 Å². The highest BCUT2D eigenvalue weighted by Crippen LogP contribution is 2.44. The second-order valence-electron chi connectivity index (χ2n) is 10.6. The summed E-state index contributed by atoms with van der Waals surface area (Å²) < 4.78 is 15.8. The summed E-state index contributed by atoms with van der Waals surface area (Å²) in [5.41, 5.74) is 2.60. The topological polar surface area (TPSA) is 71.6 Å². The van der Waals surface area contributed by atoms with E-state index in [9.17, 15) is 9.59 Å². The molecule has 4 heterocycles. The first-order chi connectivity index (χ1) is 17.0. The van der Waals surface area contributed by atoms with Crippen LogP contribution in [0.2, 0.25) is 0 Å². The molecule has 3 saturated heterocycles. The van der Waals surface area contributed by atoms with Gasteiger partial charge < -0.3 is 28.9 Å². The van der Waals surface area contributed by atoms with Gasteiger partial charge in [-0.3, -0.25) is 0 Å². The molecule has 8 heteroatoms. The molecular formula is C27H39N3O5. The van der Waals surface area contributed by atoms with E-state index in [2.05, 4.69) is 29.2 Å². The van der Waals surface area contributed by atoms with Crippen LogP contribution in [0.15, 0.2) is 24.3 Å². The number of likely N-dealkylation sites (tertiary alicyclic amines) is 1. The van der Waals surface area contributed by atoms with Gasteiger partial charge in [0.15, 0.2) is 0 Å². The van der Waals surface area contributed by atoms with E-state index in [-0.39, 0.29) is 24.2 Å². The fourth-order valence-corrected chi connectivity index (χ4v) is 7.01. The molecule has 2 unspecified atom stereocenters. The molecule has 1 spiro atoms. The quantitative estimate of drug-likeness (QED) is 0.592. The smallest absolute Gasteiger partial charge is 0.410 e. The van der Waals surface area contributed by atoms with E-state index in [0.29, 0.717) is 44.4 Å². The van der Waals surface area contributed by atoms with E-state index in [1.54, 1.807) is 7.11 Å². The maximum absolute atomic E-state index is 12.8. The lowest BCUT2D eigenvalue weighted by atomic mass is 9.68. The van der Waals surface area contributed by atoms with Crippen molar-refractivity contribution in [3.05, 3.63) is 35.4 Å². The summed E-state index contributed by atoms with van der Waals surface area (Å²) in [7, 11) is 1.61. The number of piperidine rings is 2. The zero-order valence-electron chi connectivity index (χ0n) is 21.1. The highest BCUT2D eigenvalue weighted by atomic mass is 16.6. The average molecular weight is 486 g/mol. The van der Waals surface area contributed by atoms with E-state index < -0.39 is 0 Å². The number of ether oxygens (including phenoxy) is 3. The monoisotopic (exact) mass is 485 g/mol. The zero-order chi connectivity index (χ0) is 24.4. The molecule has 2 atom stereocenters. The number of hydrogen-bond acceptors (Lipinski definition) is 6. The molecule has 5 rings (SSSR count). The first-order valence-electron chi connectivity index (χ1n) is 13.2. The van der Waals surface area contributed by atoms with E-state index >= 15 is 0 Å². The fourth-order valence-electron chi connectivity index (χ4n) is 7.01. The van der Waals surface area contributed by atoms with Crippen LogP contribution in [0.5, 0.6) is 0 Å². The Kier molecular flexibility index (Phi) is 7.21. The lowest BCUT2D eigenvalue weighted by molar-refractivity contribution is 0.0166. The predicted molar refractivity (Wildman–Crippen MR) is 131 cm³/mol. The van der Waals surface area contributed by atoms with Crippen molar-refractivity contribution in [1.82, 2.24) is 14.7 Å². The summed E-state index contributed by atoms with van der Waals surface area (Å²) in [6.07, 6.45) is 5.93. The first-order valence-corrected chi connectivity index (χ1v) is 13.2. The van der Waals surface area contributed by atoms with Crippen LogP contribution in [0.4, 0.5) is 9.59 Å². The molecule has 2 amide bonds. The molecule has 1 aromatic carbocycles. The number of methoxy groups -OCH3 is 1. The first kappa shape index (κ1) is 24.4. The molecule has 3 fully saturated rings. The maximum Gasteiger partial charge on any atom is 0.410 e. The zero-order valence-corrected chi connectivity index (χ0v) is 21.1. The Balaban J connectivity index is 1.25. The molecule has 0 aliphatic carbocycles. The van der Waals surface area contributed by atoms with Crippen LogP contribution in [-0.2, 0) is 26.2 Å². The van der Waals surface area contributed by atoms with Gasteiger partial charge in [0.1, 0.15) is 6.61 Å². The van der Waals surface area contributed by atoms with Gasteiger partial charge >= 0.3 is 12.2 Å². The molecule has 1 aromatic rings. The van der Waals surface area contributed by atoms with Gasteiger partial charge in [-0.25, -0.2) is 9.59 Å². The Morgan fingerprint density at radius 2 is 1.69 bits per heavy atom. The standard InChI is InChI=1S/C27H39N3O5/c1-3-34-26(32)30-21-8-9-22(30)17-23(16-21)28-12-10-27(11-13-28)19-29(25(31)35-15-14-33-2)18-20-6-4-5-7-24(20)27/h4-7,21-23H,3,8-19H2,1-2H3. The molecule has 4 aliphatic heterocycles. The van der Waals surface area contributed by atoms with Crippen LogP contribution in [0.3, 0.4) is 0 Å². The average Bonchev–Trinajstić information content (AvgIpc) is 3.14. The summed E-state index contributed by atoms with van der Waals surface area (Å²) >= 11 is 0. The Labute approximate surface area is 208 Å². The molecule has 8 nitrogen and oxygen atoms in total. The van der Waals surface area contributed by atoms with Crippen molar-refractivity contribution in [3.63, 3.8) is 0 Å². The molecule has 0 radical (unpaired) electrons. The second-order valence-corrected chi connectivity index (χ2v) is 10.6. The lowest BCUT2D eigenvalue weighted by Gasteiger charge is -2.51. The van der Waals surface area contributed by atoms with Crippen LogP contribution in [-0.4, -0.2) is 91.6 Å². The number of hydrogen-bond donors (Lipinski definition) is 0. The summed E-state index contributed by atoms with van der Waals surface area (Å²) in [6.45, 7) is 6.34. The van der Waals surface area contributed by atoms with E-state index in [4.69, 9.17) is 14.2 Å². The SMILES string of the molecule is CCOC(=O)N1C2CCC1CC(N1CCC3(CC1)CN(C(=O)OCCOC)Cc1ccccc13)C2. The predicted octanol–water partition coefficient (Wildman–Crippen LogP) is 3.77. The van der Waals surface area contributed by atoms with Gasteiger partial charge in [-0.1, -0.05) is 24.3 Å². The Hall–Kier alpha value is -2.32. The molecule has 192 valence electrons. The molecule has 0 aromatic heterocycles. The van der Waals surface area contributed by atoms with Crippen LogP contribution in [0, 0.1) is 0 Å². The number of rotatable bonds is 5. The third-order valence-electron chi connectivity index (χ3n) is 8.67. The van der Waals surface area contributed by atoms with Crippen molar-refractivity contribution in [2.45, 2.75) is 75.5 Å². The van der Waals surface area contributed by atoms with Gasteiger partial charge in [0.05, 0.1) is 13.2 Å². The lowest BCUT2D eigenvalue weighted by Crippen LogP contribution is -2.57. The van der Waals surface area contributed by atoms with Crippen LogP contribution < -0.4 is 0 Å². The van der Waals surface area contributed by atoms with E-state index in [1.807, 2.05) is 16.7 Å². The third kappa shape index (κ3) is 4.75. The van der Waals surface area contributed by atoms with Crippen molar-refractivity contribution in [2.75, 3.05) is 46.6 Å². The summed E-state index contributed by atoms with van der Waals surface area (Å²) in [6, 6.07) is 9.74. The number of carbonyl (C=O) groups excluding carboxylic acids is 2. The van der Waals surface area contributed by atoms with Crippen LogP contribution in [0.1, 0.15) is 56.6 Å². The molecule has 0 N–H and O–H groups in total. The van der Waals surface area contributed by atoms with Crippen molar-refractivity contribution >= 4 is 12.2 Å². The second kappa shape index (κ2) is 10.3. The molecule has 4 aliphatic rings. The van der Waals surface area contributed by atoms with Gasteiger partial charge in [-0.05, 0) is 69.7 Å². The van der Waals surface area contributed by atoms with Crippen molar-refractivity contribution in [2.24, 2.45) is 0 Å². The highest BCUT2D eigenvalue weighted by Gasteiger charge is 2.48. The largest absolute Gasteiger partial charge is 0.450 e. The summed E-state index contributed by atoms with van der Waals surface area (Å²) in [4.78, 5) is 31.9. The molecular weight excluding hydrogens is 446 g/mol. The van der Waals surface area contributed by atoms with Gasteiger partial charge in [0.25, 0.3) is 0 Å². The normalized spacial score (nSPS) is 27.5. The van der Waals surface area contributed by atoms with Gasteiger partial charge in [-0.15, -0.1) is 0 Å². The molecule has 35 heavy (non-hydrogen) atoms. The highest BCUT2D eigenvalue weighted by molar-refractivity contribution is 5.69. The van der Waals surface area contributed by atoms with E-state index in [0.717, 1.165) is 51.6 Å². The minimum Gasteiger partial charge on any atom is -0.450 e. The molecule has 2 bridgehead atoms. The number of benzene rings is 1. The Morgan fingerprint density at radius 1 is 0.971 bits per heavy atom. The number of nitrogens with zero attached hydrogens (tertiary/aromatic N) is 3. The summed E-state index contributed by atoms with van der Waals surface area (Å²) in [5.74, 6) is 0. The third-order valence-corrected chi connectivity index (χ3v) is 8.67. The van der Waals surface area contributed by atoms with Crippen molar-refractivity contribution < 1.29 is 23.8 Å². The summed E-state index contributed by atoms with van der Waals surface area (Å²) in [5, 5.41) is 0. The minimum atomic E-state index is -0.249. The fraction of sp³-hybridized carbons (Fsp3) is 0.704. The van der Waals surface area contributed by atoms with Gasteiger partial charge in [0, 0.05) is 43.7 Å². The Morgan fingerprint density at radius 3 is 2.37 bits per heavy atom. The number of amides is 2. The Bertz CT molecular complexity index is 902. The number of fused-ring (bicyclic) bond motifs is 4. The van der Waals surface area contributed by atoms with Gasteiger partial charge in [-0.2, -0.15) is 0 Å². The minimum absolute atomic E-state index is 0.0315. The van der Waals surface area contributed by atoms with Crippen molar-refractivity contribution in [1.29, 1.82) is 0 Å². The number of carbonyl (C=O) groups is 2.